The number of carbonyl (C=O) groups is 3. The Labute approximate surface area is 200 Å². The Morgan fingerprint density at radius 2 is 1.71 bits per heavy atom. The Morgan fingerprint density at radius 3 is 2.46 bits per heavy atom. The van der Waals surface area contributed by atoms with Gasteiger partial charge in [-0.15, -0.1) is 0 Å². The number of aromatic nitrogens is 1. The zero-order chi connectivity index (χ0) is 24.3. The highest BCUT2D eigenvalue weighted by Gasteiger charge is 2.58. The Kier molecular flexibility index (Phi) is 4.54. The number of hydrogen-bond acceptors (Lipinski definition) is 3. The predicted molar refractivity (Wildman–Crippen MR) is 130 cm³/mol. The molecule has 7 nitrogen and oxygen atoms in total. The third kappa shape index (κ3) is 3.06. The number of aromatic amines is 1. The Balaban J connectivity index is 1.30. The molecule has 3 aromatic carbocycles. The van der Waals surface area contributed by atoms with Crippen LogP contribution in [0.25, 0.3) is 10.9 Å². The van der Waals surface area contributed by atoms with Gasteiger partial charge in [0, 0.05) is 28.7 Å². The second kappa shape index (κ2) is 7.53. The average molecular weight is 468 g/mol. The second-order valence-electron chi connectivity index (χ2n) is 8.93. The second-order valence-corrected chi connectivity index (χ2v) is 8.93. The van der Waals surface area contributed by atoms with E-state index in [1.165, 1.54) is 29.2 Å². The van der Waals surface area contributed by atoms with Crippen LogP contribution < -0.4 is 10.2 Å². The van der Waals surface area contributed by atoms with Gasteiger partial charge in [0.15, 0.2) is 5.54 Å². The number of urea groups is 1. The van der Waals surface area contributed by atoms with Crippen molar-refractivity contribution in [3.05, 3.63) is 95.4 Å². The fourth-order valence-electron chi connectivity index (χ4n) is 5.12. The van der Waals surface area contributed by atoms with Crippen molar-refractivity contribution < 1.29 is 18.8 Å². The molecule has 4 aromatic rings. The largest absolute Gasteiger partial charge is 0.356 e. The van der Waals surface area contributed by atoms with Gasteiger partial charge in [-0.3, -0.25) is 9.59 Å². The van der Waals surface area contributed by atoms with Crippen LogP contribution >= 0.6 is 0 Å². The minimum Gasteiger partial charge on any atom is -0.356 e. The number of fused-ring (bicyclic) bond motifs is 5. The van der Waals surface area contributed by atoms with E-state index < -0.39 is 11.4 Å². The molecule has 0 saturated carbocycles. The molecular formula is C27H21FN4O3. The van der Waals surface area contributed by atoms with Gasteiger partial charge in [-0.05, 0) is 73.5 Å². The van der Waals surface area contributed by atoms with Crippen molar-refractivity contribution in [2.45, 2.75) is 18.9 Å². The first-order valence-electron chi connectivity index (χ1n) is 11.3. The van der Waals surface area contributed by atoms with E-state index in [2.05, 4.69) is 10.3 Å². The van der Waals surface area contributed by atoms with E-state index in [1.54, 1.807) is 36.1 Å². The lowest BCUT2D eigenvalue weighted by molar-refractivity contribution is -0.125. The summed E-state index contributed by atoms with van der Waals surface area (Å²) in [5, 5.41) is 3.77. The first-order chi connectivity index (χ1) is 16.9. The van der Waals surface area contributed by atoms with Crippen LogP contribution in [-0.4, -0.2) is 34.3 Å². The van der Waals surface area contributed by atoms with Gasteiger partial charge >= 0.3 is 6.03 Å². The molecule has 0 unspecified atom stereocenters. The third-order valence-electron chi connectivity index (χ3n) is 6.96. The number of hydrogen-bond donors (Lipinski definition) is 2. The van der Waals surface area contributed by atoms with Crippen LogP contribution in [0.1, 0.15) is 28.5 Å². The first kappa shape index (κ1) is 21.1. The van der Waals surface area contributed by atoms with E-state index in [-0.39, 0.29) is 17.8 Å². The highest BCUT2D eigenvalue weighted by atomic mass is 19.1. The molecule has 4 amide bonds. The third-order valence-corrected chi connectivity index (χ3v) is 6.96. The highest BCUT2D eigenvalue weighted by Crippen LogP contribution is 2.45. The van der Waals surface area contributed by atoms with Gasteiger partial charge in [0.2, 0.25) is 0 Å². The SMILES string of the molecule is C[C@]12C(=O)N(c3ccc(C(=O)Nc4ccc(F)cc4)cc3)C(=O)N1CCc1c2[nH]c2ccccc12. The molecule has 174 valence electrons. The molecule has 3 heterocycles. The van der Waals surface area contributed by atoms with Crippen LogP contribution in [0.2, 0.25) is 0 Å². The van der Waals surface area contributed by atoms with E-state index in [4.69, 9.17) is 0 Å². The molecule has 0 aliphatic carbocycles. The maximum Gasteiger partial charge on any atom is 0.332 e. The fourth-order valence-corrected chi connectivity index (χ4v) is 5.12. The summed E-state index contributed by atoms with van der Waals surface area (Å²) in [7, 11) is 0. The van der Waals surface area contributed by atoms with Crippen LogP contribution in [0.3, 0.4) is 0 Å². The molecule has 2 N–H and O–H groups in total. The summed E-state index contributed by atoms with van der Waals surface area (Å²) in [5.41, 5.74) is 2.82. The number of H-pyrrole nitrogens is 1. The summed E-state index contributed by atoms with van der Waals surface area (Å²) in [5.74, 6) is -1.11. The number of nitrogens with one attached hydrogen (secondary N) is 2. The summed E-state index contributed by atoms with van der Waals surface area (Å²) >= 11 is 0. The van der Waals surface area contributed by atoms with Gasteiger partial charge in [0.05, 0.1) is 11.4 Å². The maximum atomic E-state index is 13.7. The monoisotopic (exact) mass is 468 g/mol. The molecule has 8 heteroatoms. The van der Waals surface area contributed by atoms with Crippen LogP contribution in [0.15, 0.2) is 72.8 Å². The molecule has 1 aromatic heterocycles. The summed E-state index contributed by atoms with van der Waals surface area (Å²) in [6, 6.07) is 19.3. The van der Waals surface area contributed by atoms with Crippen molar-refractivity contribution in [1.82, 2.24) is 9.88 Å². The first-order valence-corrected chi connectivity index (χ1v) is 11.3. The fraction of sp³-hybridized carbons (Fsp3) is 0.148. The number of anilines is 2. The highest BCUT2D eigenvalue weighted by molar-refractivity contribution is 6.23. The van der Waals surface area contributed by atoms with E-state index in [0.717, 1.165) is 22.2 Å². The van der Waals surface area contributed by atoms with Gasteiger partial charge in [-0.1, -0.05) is 18.2 Å². The van der Waals surface area contributed by atoms with E-state index in [0.29, 0.717) is 29.9 Å². The van der Waals surface area contributed by atoms with Gasteiger partial charge in [-0.25, -0.2) is 14.1 Å². The van der Waals surface area contributed by atoms with Gasteiger partial charge in [-0.2, -0.15) is 0 Å². The van der Waals surface area contributed by atoms with Crippen molar-refractivity contribution >= 4 is 40.1 Å². The molecule has 2 aliphatic rings. The standard InChI is InChI=1S/C27H21FN4O3/c1-27-23-21(20-4-2-3-5-22(20)30-23)14-15-31(27)26(35)32(25(27)34)19-12-6-16(7-13-19)24(33)29-18-10-8-17(28)9-11-18/h2-13,30H,14-15H2,1H3,(H,29,33)/t27-/m0/s1. The zero-order valence-corrected chi connectivity index (χ0v) is 18.8. The Hall–Kier alpha value is -4.46. The summed E-state index contributed by atoms with van der Waals surface area (Å²) in [6.07, 6.45) is 0.657. The van der Waals surface area contributed by atoms with Crippen molar-refractivity contribution in [2.75, 3.05) is 16.8 Å². The molecule has 1 saturated heterocycles. The van der Waals surface area contributed by atoms with Crippen molar-refractivity contribution in [3.8, 4) is 0 Å². The van der Waals surface area contributed by atoms with Gasteiger partial charge in [0.25, 0.3) is 11.8 Å². The molecule has 1 fully saturated rings. The van der Waals surface area contributed by atoms with Crippen molar-refractivity contribution in [3.63, 3.8) is 0 Å². The Morgan fingerprint density at radius 1 is 1.00 bits per heavy atom. The van der Waals surface area contributed by atoms with Crippen LogP contribution in [0.5, 0.6) is 0 Å². The maximum absolute atomic E-state index is 13.7. The quantitative estimate of drug-likeness (QED) is 0.424. The summed E-state index contributed by atoms with van der Waals surface area (Å²) in [4.78, 5) is 45.9. The van der Waals surface area contributed by atoms with Crippen LogP contribution in [-0.2, 0) is 16.8 Å². The van der Waals surface area contributed by atoms with Crippen molar-refractivity contribution in [2.24, 2.45) is 0 Å². The lowest BCUT2D eigenvalue weighted by Crippen LogP contribution is -2.49. The number of para-hydroxylation sites is 1. The molecule has 35 heavy (non-hydrogen) atoms. The number of rotatable bonds is 3. The minimum absolute atomic E-state index is 0.335. The number of amides is 4. The molecule has 6 rings (SSSR count). The molecule has 0 spiro atoms. The molecule has 0 radical (unpaired) electrons. The van der Waals surface area contributed by atoms with E-state index in [9.17, 15) is 18.8 Å². The zero-order valence-electron chi connectivity index (χ0n) is 18.8. The van der Waals surface area contributed by atoms with E-state index in [1.807, 2.05) is 24.3 Å². The number of imide groups is 1. The predicted octanol–water partition coefficient (Wildman–Crippen LogP) is 4.80. The number of carbonyl (C=O) groups excluding carboxylic acids is 3. The topological polar surface area (TPSA) is 85.5 Å². The smallest absolute Gasteiger partial charge is 0.332 e. The molecular weight excluding hydrogens is 447 g/mol. The van der Waals surface area contributed by atoms with Crippen LogP contribution in [0, 0.1) is 5.82 Å². The van der Waals surface area contributed by atoms with Crippen LogP contribution in [0.4, 0.5) is 20.6 Å². The average Bonchev–Trinajstić information content (AvgIpc) is 3.34. The number of nitrogens with zero attached hydrogens (tertiary/aromatic N) is 2. The summed E-state index contributed by atoms with van der Waals surface area (Å²) < 4.78 is 13.1. The van der Waals surface area contributed by atoms with E-state index >= 15 is 0 Å². The number of halogens is 1. The molecule has 2 aliphatic heterocycles. The van der Waals surface area contributed by atoms with Crippen molar-refractivity contribution in [1.29, 1.82) is 0 Å². The van der Waals surface area contributed by atoms with Gasteiger partial charge in [0.1, 0.15) is 5.82 Å². The lowest BCUT2D eigenvalue weighted by atomic mass is 9.87. The normalized spacial score (nSPS) is 19.1. The molecule has 1 atom stereocenters. The minimum atomic E-state index is -1.14. The summed E-state index contributed by atoms with van der Waals surface area (Å²) in [6.45, 7) is 2.22. The Bertz CT molecular complexity index is 1510. The number of benzene rings is 3. The van der Waals surface area contributed by atoms with Gasteiger partial charge < -0.3 is 15.2 Å². The molecule has 0 bridgehead atoms. The lowest BCUT2D eigenvalue weighted by Gasteiger charge is -2.35.